The fraction of sp³-hybridized carbons (Fsp3) is 0.280. The number of aromatic nitrogens is 1. The smallest absolute Gasteiger partial charge is 0.220 e. The lowest BCUT2D eigenvalue weighted by Gasteiger charge is -2.09. The van der Waals surface area contributed by atoms with Crippen LogP contribution in [0.4, 0.5) is 0 Å². The number of hydrogen-bond donors (Lipinski definition) is 1. The molecular weight excluding hydrogens is 360 g/mol. The Morgan fingerprint density at radius 3 is 2.55 bits per heavy atom. The third-order valence-corrected chi connectivity index (χ3v) is 4.65. The van der Waals surface area contributed by atoms with E-state index in [1.165, 1.54) is 16.5 Å². The van der Waals surface area contributed by atoms with Gasteiger partial charge < -0.3 is 10.1 Å². The molecule has 1 aromatic heterocycles. The molecule has 0 saturated heterocycles. The summed E-state index contributed by atoms with van der Waals surface area (Å²) in [6.45, 7) is 0.718. The average Bonchev–Trinajstić information content (AvgIpc) is 2.79. The largest absolute Gasteiger partial charge is 0.494 e. The highest BCUT2D eigenvalue weighted by molar-refractivity contribution is 5.84. The fourth-order valence-corrected chi connectivity index (χ4v) is 3.07. The Morgan fingerprint density at radius 1 is 1.00 bits per heavy atom. The predicted octanol–water partition coefficient (Wildman–Crippen LogP) is 4.56. The van der Waals surface area contributed by atoms with E-state index in [-0.39, 0.29) is 5.91 Å². The van der Waals surface area contributed by atoms with E-state index in [0.29, 0.717) is 6.42 Å². The molecule has 3 rings (SSSR count). The van der Waals surface area contributed by atoms with Crippen LogP contribution in [0.2, 0.25) is 0 Å². The molecule has 0 unspecified atom stereocenters. The van der Waals surface area contributed by atoms with Crippen LogP contribution in [0.5, 0.6) is 5.75 Å². The van der Waals surface area contributed by atoms with Crippen molar-refractivity contribution in [2.75, 3.05) is 13.7 Å². The van der Waals surface area contributed by atoms with Crippen LogP contribution in [0.15, 0.2) is 60.9 Å². The monoisotopic (exact) mass is 388 g/mol. The number of benzene rings is 2. The molecule has 1 amide bonds. The average molecular weight is 389 g/mol. The van der Waals surface area contributed by atoms with Crippen LogP contribution in [-0.2, 0) is 17.6 Å². The van der Waals surface area contributed by atoms with Crippen molar-refractivity contribution in [1.29, 1.82) is 0 Å². The van der Waals surface area contributed by atoms with E-state index in [4.69, 9.17) is 4.74 Å². The number of hydrogen-bond acceptors (Lipinski definition) is 3. The van der Waals surface area contributed by atoms with E-state index in [1.807, 2.05) is 18.3 Å². The minimum absolute atomic E-state index is 0.0716. The van der Waals surface area contributed by atoms with Gasteiger partial charge in [0, 0.05) is 25.9 Å². The Kier molecular flexibility index (Phi) is 9.24. The summed E-state index contributed by atoms with van der Waals surface area (Å²) in [6.07, 6.45) is 16.1. The summed E-state index contributed by atoms with van der Waals surface area (Å²) in [6, 6.07) is 16.6. The highest BCUT2D eigenvalue weighted by Gasteiger charge is 2.03. The number of unbranched alkanes of at least 4 members (excludes halogenated alkanes) is 1. The molecule has 0 atom stereocenters. The first-order valence-electron chi connectivity index (χ1n) is 9.83. The molecule has 29 heavy (non-hydrogen) atoms. The minimum atomic E-state index is 0.0716. The number of carbonyl (C=O) groups excluding carboxylic acids is 1. The maximum absolute atomic E-state index is 11.4. The Hall–Kier alpha value is -3.32. The molecule has 0 aliphatic carbocycles. The fourth-order valence-electron chi connectivity index (χ4n) is 3.07. The van der Waals surface area contributed by atoms with Crippen LogP contribution in [-0.4, -0.2) is 24.5 Å². The number of fused-ring (bicyclic) bond motifs is 1. The van der Waals surface area contributed by atoms with Crippen LogP contribution in [0.1, 0.15) is 30.4 Å². The van der Waals surface area contributed by atoms with Crippen molar-refractivity contribution >= 4 is 16.7 Å². The number of rotatable bonds is 9. The summed E-state index contributed by atoms with van der Waals surface area (Å²) in [7, 11) is 1.67. The molecule has 0 aliphatic heterocycles. The van der Waals surface area contributed by atoms with Crippen molar-refractivity contribution in [3.63, 3.8) is 0 Å². The topological polar surface area (TPSA) is 51.2 Å². The van der Waals surface area contributed by atoms with Gasteiger partial charge in [-0.2, -0.15) is 0 Å². The quantitative estimate of drug-likeness (QED) is 0.432. The second kappa shape index (κ2) is 12.2. The molecule has 0 aliphatic rings. The summed E-state index contributed by atoms with van der Waals surface area (Å²) in [5, 5.41) is 4.99. The first-order chi connectivity index (χ1) is 14.2. The van der Waals surface area contributed by atoms with Gasteiger partial charge in [0.2, 0.25) is 5.91 Å². The second-order valence-corrected chi connectivity index (χ2v) is 6.68. The Bertz CT molecular complexity index is 920. The molecule has 150 valence electrons. The molecule has 0 bridgehead atoms. The highest BCUT2D eigenvalue weighted by atomic mass is 16.5. The normalized spacial score (nSPS) is 10.0. The number of nitrogens with zero attached hydrogens (tertiary/aromatic N) is 1. The number of carbonyl (C=O) groups is 1. The van der Waals surface area contributed by atoms with Gasteiger partial charge >= 0.3 is 0 Å². The number of terminal acetylenes is 1. The molecule has 0 radical (unpaired) electrons. The number of pyridine rings is 1. The van der Waals surface area contributed by atoms with Gasteiger partial charge in [0.25, 0.3) is 0 Å². The molecule has 3 aromatic rings. The molecule has 0 spiro atoms. The second-order valence-electron chi connectivity index (χ2n) is 6.68. The van der Waals surface area contributed by atoms with Crippen LogP contribution in [0, 0.1) is 12.8 Å². The van der Waals surface area contributed by atoms with Gasteiger partial charge in [-0.05, 0) is 65.8 Å². The van der Waals surface area contributed by atoms with E-state index in [2.05, 4.69) is 59.5 Å². The van der Waals surface area contributed by atoms with Crippen LogP contribution in [0.25, 0.3) is 10.8 Å². The molecule has 4 heteroatoms. The molecule has 0 saturated carbocycles. The van der Waals surface area contributed by atoms with E-state index >= 15 is 0 Å². The minimum Gasteiger partial charge on any atom is -0.494 e. The van der Waals surface area contributed by atoms with Crippen molar-refractivity contribution in [2.45, 2.75) is 32.1 Å². The van der Waals surface area contributed by atoms with Crippen molar-refractivity contribution in [3.05, 3.63) is 72.1 Å². The third-order valence-electron chi connectivity index (χ3n) is 4.65. The van der Waals surface area contributed by atoms with E-state index in [9.17, 15) is 4.79 Å². The van der Waals surface area contributed by atoms with Crippen molar-refractivity contribution < 1.29 is 9.53 Å². The molecular formula is C25H28N2O2. The zero-order valence-corrected chi connectivity index (χ0v) is 16.9. The Morgan fingerprint density at radius 2 is 1.79 bits per heavy atom. The molecule has 4 nitrogen and oxygen atoms in total. The number of aryl methyl sites for hydroxylation is 2. The Labute approximate surface area is 173 Å². The van der Waals surface area contributed by atoms with Crippen LogP contribution < -0.4 is 10.1 Å². The summed E-state index contributed by atoms with van der Waals surface area (Å²) in [5.41, 5.74) is 2.45. The highest BCUT2D eigenvalue weighted by Crippen LogP contribution is 2.23. The molecule has 0 fully saturated rings. The maximum Gasteiger partial charge on any atom is 0.220 e. The number of amides is 1. The molecule has 2 aromatic carbocycles. The van der Waals surface area contributed by atoms with Gasteiger partial charge in [0.1, 0.15) is 5.75 Å². The lowest BCUT2D eigenvalue weighted by molar-refractivity contribution is -0.120. The van der Waals surface area contributed by atoms with Gasteiger partial charge in [-0.25, -0.2) is 0 Å². The summed E-state index contributed by atoms with van der Waals surface area (Å²) < 4.78 is 5.91. The zero-order valence-electron chi connectivity index (χ0n) is 16.9. The third kappa shape index (κ3) is 7.31. The zero-order chi connectivity index (χ0) is 20.9. The Balaban J connectivity index is 0.00000145. The van der Waals surface area contributed by atoms with Gasteiger partial charge in [0.05, 0.1) is 6.61 Å². The SMILES string of the molecule is C#C.CNC(=O)CCc1ccc2cc(OCCCCc3cccnc3)ccc2c1. The number of ether oxygens (including phenoxy) is 1. The van der Waals surface area contributed by atoms with Crippen LogP contribution >= 0.6 is 0 Å². The summed E-state index contributed by atoms with van der Waals surface area (Å²) in [4.78, 5) is 15.5. The molecule has 1 N–H and O–H groups in total. The summed E-state index contributed by atoms with van der Waals surface area (Å²) >= 11 is 0. The van der Waals surface area contributed by atoms with Gasteiger partial charge in [-0.3, -0.25) is 9.78 Å². The van der Waals surface area contributed by atoms with Crippen LogP contribution in [0.3, 0.4) is 0 Å². The maximum atomic E-state index is 11.4. The van der Waals surface area contributed by atoms with Gasteiger partial charge in [-0.1, -0.05) is 30.3 Å². The van der Waals surface area contributed by atoms with E-state index < -0.39 is 0 Å². The van der Waals surface area contributed by atoms with Crippen molar-refractivity contribution in [3.8, 4) is 18.6 Å². The van der Waals surface area contributed by atoms with Gasteiger partial charge in [0.15, 0.2) is 0 Å². The molecule has 1 heterocycles. The lowest BCUT2D eigenvalue weighted by atomic mass is 10.0. The predicted molar refractivity (Wildman–Crippen MR) is 119 cm³/mol. The standard InChI is InChI=1S/C23H26N2O2.C2H2/c1-24-23(26)12-8-18-7-9-21-16-22(11-10-20(21)15-18)27-14-3-2-5-19-6-4-13-25-17-19;1-2/h4,6-7,9-11,13,15-17H,2-3,5,8,12,14H2,1H3,(H,24,26);1-2H. The first-order valence-corrected chi connectivity index (χ1v) is 9.83. The van der Waals surface area contributed by atoms with Crippen molar-refractivity contribution in [1.82, 2.24) is 10.3 Å². The lowest BCUT2D eigenvalue weighted by Crippen LogP contribution is -2.17. The number of nitrogens with one attached hydrogen (secondary N) is 1. The van der Waals surface area contributed by atoms with E-state index in [1.54, 1.807) is 13.2 Å². The van der Waals surface area contributed by atoms with E-state index in [0.717, 1.165) is 43.4 Å². The van der Waals surface area contributed by atoms with Gasteiger partial charge in [-0.15, -0.1) is 12.8 Å². The first kappa shape index (κ1) is 22.0. The summed E-state index contributed by atoms with van der Waals surface area (Å²) in [5.74, 6) is 0.976. The van der Waals surface area contributed by atoms with Crippen molar-refractivity contribution in [2.24, 2.45) is 0 Å².